The Morgan fingerprint density at radius 3 is 2.64 bits per heavy atom. The second-order valence-electron chi connectivity index (χ2n) is 4.50. The van der Waals surface area contributed by atoms with Gasteiger partial charge in [0, 0.05) is 0 Å². The van der Waals surface area contributed by atoms with Crippen molar-refractivity contribution in [1.29, 1.82) is 0 Å². The second-order valence-corrected chi connectivity index (χ2v) is 5.48. The topological polar surface area (TPSA) is 12.0 Å². The zero-order valence-electron chi connectivity index (χ0n) is 9.72. The van der Waals surface area contributed by atoms with Crippen molar-refractivity contribution in [2.45, 2.75) is 38.5 Å². The number of hydrogen-bond donors (Lipinski definition) is 1. The van der Waals surface area contributed by atoms with E-state index in [1.807, 2.05) is 11.8 Å². The maximum atomic E-state index is 3.36. The first-order valence-electron chi connectivity index (χ1n) is 6.02. The molecule has 2 heteroatoms. The van der Waals surface area contributed by atoms with Gasteiger partial charge in [0.25, 0.3) is 0 Å². The summed E-state index contributed by atoms with van der Waals surface area (Å²) in [6.07, 6.45) is 11.0. The molecule has 0 heterocycles. The molecule has 1 rings (SSSR count). The molecule has 1 unspecified atom stereocenters. The van der Waals surface area contributed by atoms with E-state index >= 15 is 0 Å². The second kappa shape index (κ2) is 7.58. The van der Waals surface area contributed by atoms with Crippen molar-refractivity contribution in [3.63, 3.8) is 0 Å². The number of nitrogens with one attached hydrogen (secondary N) is 1. The Kier molecular flexibility index (Phi) is 6.70. The lowest BCUT2D eigenvalue weighted by Gasteiger charge is -2.22. The highest BCUT2D eigenvalue weighted by atomic mass is 32.2. The molecule has 0 radical (unpaired) electrons. The number of thioether (sulfide) groups is 1. The Hall–Kier alpha value is 0.310. The van der Waals surface area contributed by atoms with Gasteiger partial charge in [-0.1, -0.05) is 25.7 Å². The van der Waals surface area contributed by atoms with Gasteiger partial charge in [0.1, 0.15) is 0 Å². The van der Waals surface area contributed by atoms with Gasteiger partial charge in [0.15, 0.2) is 0 Å². The Labute approximate surface area is 93.4 Å². The molecule has 14 heavy (non-hydrogen) atoms. The zero-order chi connectivity index (χ0) is 10.2. The van der Waals surface area contributed by atoms with Crippen molar-refractivity contribution < 1.29 is 0 Å². The van der Waals surface area contributed by atoms with Crippen LogP contribution in [0.1, 0.15) is 38.5 Å². The minimum absolute atomic E-state index is 0.953. The summed E-state index contributed by atoms with van der Waals surface area (Å²) in [4.78, 5) is 0. The van der Waals surface area contributed by atoms with Crippen molar-refractivity contribution in [3.05, 3.63) is 0 Å². The average Bonchev–Trinajstić information content (AvgIpc) is 2.70. The number of rotatable bonds is 7. The Morgan fingerprint density at radius 2 is 2.07 bits per heavy atom. The van der Waals surface area contributed by atoms with Gasteiger partial charge >= 0.3 is 0 Å². The highest BCUT2D eigenvalue weighted by Gasteiger charge is 2.23. The first kappa shape index (κ1) is 12.4. The first-order valence-corrected chi connectivity index (χ1v) is 7.41. The van der Waals surface area contributed by atoms with Crippen LogP contribution in [-0.4, -0.2) is 25.6 Å². The maximum absolute atomic E-state index is 3.36. The van der Waals surface area contributed by atoms with E-state index in [0.717, 1.165) is 11.8 Å². The Balaban J connectivity index is 2.22. The fourth-order valence-electron chi connectivity index (χ4n) is 2.69. The smallest absolute Gasteiger partial charge is 0.00209 e. The molecule has 1 aliphatic rings. The van der Waals surface area contributed by atoms with Crippen LogP contribution in [0.3, 0.4) is 0 Å². The molecule has 1 fully saturated rings. The zero-order valence-corrected chi connectivity index (χ0v) is 10.5. The minimum atomic E-state index is 0.953. The van der Waals surface area contributed by atoms with Gasteiger partial charge in [-0.15, -0.1) is 0 Å². The molecule has 1 aliphatic carbocycles. The van der Waals surface area contributed by atoms with E-state index in [2.05, 4.69) is 18.6 Å². The average molecular weight is 215 g/mol. The first-order chi connectivity index (χ1) is 6.88. The Bertz CT molecular complexity index is 132. The lowest BCUT2D eigenvalue weighted by atomic mass is 9.87. The fourth-order valence-corrected chi connectivity index (χ4v) is 3.14. The molecule has 0 bridgehead atoms. The Morgan fingerprint density at radius 1 is 1.36 bits per heavy atom. The van der Waals surface area contributed by atoms with Crippen LogP contribution in [0, 0.1) is 11.8 Å². The molecule has 0 spiro atoms. The normalized spacial score (nSPS) is 20.1. The van der Waals surface area contributed by atoms with E-state index in [9.17, 15) is 0 Å². The van der Waals surface area contributed by atoms with Crippen molar-refractivity contribution in [1.82, 2.24) is 5.32 Å². The van der Waals surface area contributed by atoms with Crippen LogP contribution < -0.4 is 5.32 Å². The number of hydrogen-bond acceptors (Lipinski definition) is 2. The third kappa shape index (κ3) is 4.22. The summed E-state index contributed by atoms with van der Waals surface area (Å²) in [5.74, 6) is 3.33. The summed E-state index contributed by atoms with van der Waals surface area (Å²) < 4.78 is 0. The molecule has 0 saturated heterocycles. The van der Waals surface area contributed by atoms with Crippen LogP contribution in [0.5, 0.6) is 0 Å². The lowest BCUT2D eigenvalue weighted by Crippen LogP contribution is -2.24. The summed E-state index contributed by atoms with van der Waals surface area (Å²) >= 11 is 1.98. The minimum Gasteiger partial charge on any atom is -0.319 e. The molecular weight excluding hydrogens is 190 g/mol. The van der Waals surface area contributed by atoms with Crippen LogP contribution in [0.25, 0.3) is 0 Å². The van der Waals surface area contributed by atoms with Crippen LogP contribution in [0.2, 0.25) is 0 Å². The standard InChI is InChI=1S/C12H25NS/c1-13-10-12(8-5-9-14-2)11-6-3-4-7-11/h11-13H,3-10H2,1-2H3. The van der Waals surface area contributed by atoms with Crippen molar-refractivity contribution in [3.8, 4) is 0 Å². The van der Waals surface area contributed by atoms with Crippen molar-refractivity contribution >= 4 is 11.8 Å². The quantitative estimate of drug-likeness (QED) is 0.655. The summed E-state index contributed by atoms with van der Waals surface area (Å²) in [7, 11) is 2.09. The van der Waals surface area contributed by atoms with Crippen LogP contribution in [0.4, 0.5) is 0 Å². The maximum Gasteiger partial charge on any atom is -0.00209 e. The van der Waals surface area contributed by atoms with Gasteiger partial charge in [-0.05, 0) is 50.3 Å². The highest BCUT2D eigenvalue weighted by molar-refractivity contribution is 7.98. The molecule has 0 amide bonds. The van der Waals surface area contributed by atoms with E-state index in [0.29, 0.717) is 0 Å². The summed E-state index contributed by atoms with van der Waals surface area (Å²) in [5, 5.41) is 3.36. The molecule has 1 nitrogen and oxygen atoms in total. The van der Waals surface area contributed by atoms with E-state index in [-0.39, 0.29) is 0 Å². The summed E-state index contributed by atoms with van der Waals surface area (Å²) in [6.45, 7) is 1.24. The molecule has 84 valence electrons. The molecule has 1 atom stereocenters. The monoisotopic (exact) mass is 215 g/mol. The van der Waals surface area contributed by atoms with Crippen LogP contribution >= 0.6 is 11.8 Å². The van der Waals surface area contributed by atoms with E-state index in [4.69, 9.17) is 0 Å². The molecule has 1 saturated carbocycles. The van der Waals surface area contributed by atoms with Crippen LogP contribution in [0.15, 0.2) is 0 Å². The molecular formula is C12H25NS. The van der Waals surface area contributed by atoms with Crippen molar-refractivity contribution in [2.75, 3.05) is 25.6 Å². The third-order valence-corrected chi connectivity index (χ3v) is 4.15. The van der Waals surface area contributed by atoms with Gasteiger partial charge in [0.2, 0.25) is 0 Å². The van der Waals surface area contributed by atoms with Crippen LogP contribution in [-0.2, 0) is 0 Å². The molecule has 0 aromatic rings. The van der Waals surface area contributed by atoms with Gasteiger partial charge in [-0.3, -0.25) is 0 Å². The lowest BCUT2D eigenvalue weighted by molar-refractivity contribution is 0.309. The van der Waals surface area contributed by atoms with E-state index in [1.54, 1.807) is 0 Å². The van der Waals surface area contributed by atoms with Gasteiger partial charge in [-0.25, -0.2) is 0 Å². The molecule has 0 aromatic heterocycles. The van der Waals surface area contributed by atoms with Gasteiger partial charge in [-0.2, -0.15) is 11.8 Å². The molecule has 1 N–H and O–H groups in total. The summed E-state index contributed by atoms with van der Waals surface area (Å²) in [6, 6.07) is 0. The van der Waals surface area contributed by atoms with Gasteiger partial charge < -0.3 is 5.32 Å². The molecule has 0 aromatic carbocycles. The van der Waals surface area contributed by atoms with E-state index < -0.39 is 0 Å². The largest absolute Gasteiger partial charge is 0.319 e. The summed E-state index contributed by atoms with van der Waals surface area (Å²) in [5.41, 5.74) is 0. The van der Waals surface area contributed by atoms with E-state index in [1.165, 1.54) is 50.8 Å². The predicted octanol–water partition coefficient (Wildman–Crippen LogP) is 3.16. The van der Waals surface area contributed by atoms with Crippen molar-refractivity contribution in [2.24, 2.45) is 11.8 Å². The SMILES string of the molecule is CNCC(CCCSC)C1CCCC1. The third-order valence-electron chi connectivity index (χ3n) is 3.46. The highest BCUT2D eigenvalue weighted by Crippen LogP contribution is 2.33. The predicted molar refractivity (Wildman–Crippen MR) is 67.0 cm³/mol. The van der Waals surface area contributed by atoms with Gasteiger partial charge in [0.05, 0.1) is 0 Å². The molecule has 0 aliphatic heterocycles. The fraction of sp³-hybridized carbons (Fsp3) is 1.00.